The fourth-order valence-electron chi connectivity index (χ4n) is 3.33. The molecule has 0 unspecified atom stereocenters. The summed E-state index contributed by atoms with van der Waals surface area (Å²) in [5.74, 6) is 0.450. The standard InChI is InChI=1S/C23H30N4O5S/c1-5-17-14-24-21(25-15-17)26-19-6-8-20(9-7-19)33(29,30)16-18-10-12-27(13-11-18)32-22(28)31-23(2,3)4/h5-9,14-15,18H,1,10-13,16H2,2-4H3,(H,24,25,26). The lowest BCUT2D eigenvalue weighted by Crippen LogP contribution is -2.38. The molecule has 1 N–H and O–H groups in total. The number of aromatic nitrogens is 2. The number of nitrogens with one attached hydrogen (secondary N) is 1. The zero-order chi connectivity index (χ0) is 24.1. The molecule has 0 spiro atoms. The minimum atomic E-state index is -3.44. The summed E-state index contributed by atoms with van der Waals surface area (Å²) in [6.45, 7) is 9.89. The number of carbonyl (C=O) groups is 1. The predicted octanol–water partition coefficient (Wildman–Crippen LogP) is 4.22. The van der Waals surface area contributed by atoms with Crippen LogP contribution in [0.5, 0.6) is 0 Å². The number of nitrogens with zero attached hydrogens (tertiary/aromatic N) is 3. The number of rotatable bonds is 7. The number of hydrogen-bond donors (Lipinski definition) is 1. The van der Waals surface area contributed by atoms with Crippen LogP contribution < -0.4 is 5.32 Å². The number of hydroxylamine groups is 2. The molecule has 178 valence electrons. The van der Waals surface area contributed by atoms with Gasteiger partial charge in [0.25, 0.3) is 0 Å². The molecular weight excluding hydrogens is 444 g/mol. The van der Waals surface area contributed by atoms with Crippen LogP contribution in [0.2, 0.25) is 0 Å². The molecule has 9 nitrogen and oxygen atoms in total. The Hall–Kier alpha value is -2.98. The van der Waals surface area contributed by atoms with Crippen molar-refractivity contribution in [1.82, 2.24) is 15.0 Å². The van der Waals surface area contributed by atoms with Crippen LogP contribution in [0.4, 0.5) is 16.4 Å². The van der Waals surface area contributed by atoms with Gasteiger partial charge in [0, 0.05) is 36.7 Å². The van der Waals surface area contributed by atoms with E-state index in [4.69, 9.17) is 9.57 Å². The second-order valence-electron chi connectivity index (χ2n) is 8.90. The number of carbonyl (C=O) groups excluding carboxylic acids is 1. The van der Waals surface area contributed by atoms with E-state index in [1.54, 1.807) is 63.5 Å². The lowest BCUT2D eigenvalue weighted by atomic mass is 10.0. The summed E-state index contributed by atoms with van der Waals surface area (Å²) in [5.41, 5.74) is 0.870. The van der Waals surface area contributed by atoms with E-state index in [1.807, 2.05) is 0 Å². The molecule has 3 rings (SSSR count). The molecule has 33 heavy (non-hydrogen) atoms. The number of anilines is 2. The fraction of sp³-hybridized carbons (Fsp3) is 0.435. The third-order valence-corrected chi connectivity index (χ3v) is 6.90. The van der Waals surface area contributed by atoms with E-state index in [9.17, 15) is 13.2 Å². The highest BCUT2D eigenvalue weighted by atomic mass is 32.2. The Morgan fingerprint density at radius 1 is 1.18 bits per heavy atom. The molecule has 1 saturated heterocycles. The normalized spacial score (nSPS) is 15.6. The minimum Gasteiger partial charge on any atom is -0.427 e. The van der Waals surface area contributed by atoms with Crippen LogP contribution in [0.15, 0.2) is 48.1 Å². The van der Waals surface area contributed by atoms with Gasteiger partial charge in [-0.15, -0.1) is 5.06 Å². The topological polar surface area (TPSA) is 111 Å². The lowest BCUT2D eigenvalue weighted by molar-refractivity contribution is -0.154. The first-order chi connectivity index (χ1) is 15.5. The summed E-state index contributed by atoms with van der Waals surface area (Å²) in [5, 5.41) is 4.57. The van der Waals surface area contributed by atoms with Crippen molar-refractivity contribution in [2.45, 2.75) is 44.1 Å². The van der Waals surface area contributed by atoms with Gasteiger partial charge in [-0.3, -0.25) is 0 Å². The SMILES string of the molecule is C=Cc1cnc(Nc2ccc(S(=O)(=O)CC3CCN(OC(=O)OC(C)(C)C)CC3)cc2)nc1. The van der Waals surface area contributed by atoms with E-state index in [0.717, 1.165) is 5.56 Å². The van der Waals surface area contributed by atoms with Crippen LogP contribution in [0.3, 0.4) is 0 Å². The van der Waals surface area contributed by atoms with Gasteiger partial charge >= 0.3 is 6.16 Å². The molecule has 0 radical (unpaired) electrons. The van der Waals surface area contributed by atoms with Crippen molar-refractivity contribution < 1.29 is 22.8 Å². The summed E-state index contributed by atoms with van der Waals surface area (Å²) < 4.78 is 30.9. The molecule has 0 amide bonds. The summed E-state index contributed by atoms with van der Waals surface area (Å²) in [6, 6.07) is 6.54. The highest BCUT2D eigenvalue weighted by Gasteiger charge is 2.28. The number of benzene rings is 1. The zero-order valence-electron chi connectivity index (χ0n) is 19.2. The van der Waals surface area contributed by atoms with Crippen LogP contribution in [0.25, 0.3) is 6.08 Å². The van der Waals surface area contributed by atoms with E-state index >= 15 is 0 Å². The molecule has 0 aliphatic carbocycles. The Balaban J connectivity index is 1.51. The van der Waals surface area contributed by atoms with Gasteiger partial charge in [-0.2, -0.15) is 0 Å². The quantitative estimate of drug-likeness (QED) is 0.590. The number of ether oxygens (including phenoxy) is 1. The van der Waals surface area contributed by atoms with Gasteiger partial charge in [-0.1, -0.05) is 12.7 Å². The van der Waals surface area contributed by atoms with Gasteiger partial charge in [0.15, 0.2) is 9.84 Å². The van der Waals surface area contributed by atoms with Crippen molar-refractivity contribution in [3.8, 4) is 0 Å². The smallest absolute Gasteiger partial charge is 0.427 e. The van der Waals surface area contributed by atoms with Gasteiger partial charge in [-0.05, 0) is 63.8 Å². The van der Waals surface area contributed by atoms with Crippen molar-refractivity contribution in [2.24, 2.45) is 5.92 Å². The molecule has 0 saturated carbocycles. The molecule has 0 atom stereocenters. The van der Waals surface area contributed by atoms with Gasteiger partial charge in [0.2, 0.25) is 5.95 Å². The largest absolute Gasteiger partial charge is 0.528 e. The predicted molar refractivity (Wildman–Crippen MR) is 126 cm³/mol. The van der Waals surface area contributed by atoms with Crippen molar-refractivity contribution in [3.63, 3.8) is 0 Å². The molecule has 2 heterocycles. The Bertz CT molecular complexity index is 1060. The average molecular weight is 475 g/mol. The molecule has 0 bridgehead atoms. The third-order valence-electron chi connectivity index (χ3n) is 5.00. The maximum atomic E-state index is 12.9. The number of piperidine rings is 1. The molecule has 1 aliphatic heterocycles. The molecule has 1 aromatic heterocycles. The summed E-state index contributed by atoms with van der Waals surface area (Å²) in [7, 11) is -3.44. The monoisotopic (exact) mass is 474 g/mol. The van der Waals surface area contributed by atoms with E-state index < -0.39 is 21.6 Å². The van der Waals surface area contributed by atoms with Gasteiger partial charge in [-0.25, -0.2) is 23.2 Å². The van der Waals surface area contributed by atoms with Gasteiger partial charge < -0.3 is 14.9 Å². The molecular formula is C23H30N4O5S. The maximum absolute atomic E-state index is 12.9. The van der Waals surface area contributed by atoms with E-state index in [0.29, 0.717) is 37.6 Å². The van der Waals surface area contributed by atoms with Crippen molar-refractivity contribution in [3.05, 3.63) is 48.8 Å². The Labute approximate surface area is 194 Å². The fourth-order valence-corrected chi connectivity index (χ4v) is 5.03. The average Bonchev–Trinajstić information content (AvgIpc) is 2.74. The Morgan fingerprint density at radius 2 is 1.79 bits per heavy atom. The summed E-state index contributed by atoms with van der Waals surface area (Å²) in [6.07, 6.45) is 5.42. The second-order valence-corrected chi connectivity index (χ2v) is 10.9. The highest BCUT2D eigenvalue weighted by Crippen LogP contribution is 2.24. The molecule has 1 fully saturated rings. The van der Waals surface area contributed by atoms with Crippen LogP contribution >= 0.6 is 0 Å². The van der Waals surface area contributed by atoms with E-state index in [-0.39, 0.29) is 16.6 Å². The first-order valence-corrected chi connectivity index (χ1v) is 12.4. The lowest BCUT2D eigenvalue weighted by Gasteiger charge is -2.30. The third kappa shape index (κ3) is 7.54. The number of hydrogen-bond acceptors (Lipinski definition) is 9. The molecule has 1 aliphatic rings. The molecule has 10 heteroatoms. The van der Waals surface area contributed by atoms with Crippen LogP contribution in [-0.2, 0) is 19.4 Å². The van der Waals surface area contributed by atoms with Crippen LogP contribution in [-0.4, -0.2) is 54.0 Å². The zero-order valence-corrected chi connectivity index (χ0v) is 20.0. The van der Waals surface area contributed by atoms with Crippen molar-refractivity contribution in [2.75, 3.05) is 24.2 Å². The Kier molecular flexibility index (Phi) is 7.70. The highest BCUT2D eigenvalue weighted by molar-refractivity contribution is 7.91. The van der Waals surface area contributed by atoms with Gasteiger partial charge in [0.1, 0.15) is 5.60 Å². The Morgan fingerprint density at radius 3 is 2.33 bits per heavy atom. The number of sulfone groups is 1. The second kappa shape index (κ2) is 10.3. The summed E-state index contributed by atoms with van der Waals surface area (Å²) >= 11 is 0. The first-order valence-electron chi connectivity index (χ1n) is 10.7. The minimum absolute atomic E-state index is 0.0111. The molecule has 1 aromatic carbocycles. The van der Waals surface area contributed by atoms with Crippen molar-refractivity contribution in [1.29, 1.82) is 0 Å². The van der Waals surface area contributed by atoms with Crippen LogP contribution in [0, 0.1) is 5.92 Å². The van der Waals surface area contributed by atoms with Crippen LogP contribution in [0.1, 0.15) is 39.2 Å². The van der Waals surface area contributed by atoms with Crippen molar-refractivity contribution >= 4 is 33.7 Å². The maximum Gasteiger partial charge on any atom is 0.528 e. The molecule has 2 aromatic rings. The van der Waals surface area contributed by atoms with E-state index in [1.165, 1.54) is 5.06 Å². The van der Waals surface area contributed by atoms with E-state index in [2.05, 4.69) is 21.9 Å². The first kappa shape index (κ1) is 24.7. The summed E-state index contributed by atoms with van der Waals surface area (Å²) in [4.78, 5) is 25.6. The van der Waals surface area contributed by atoms with Gasteiger partial charge in [0.05, 0.1) is 10.6 Å².